The smallest absolute Gasteiger partial charge is 0.244 e. The molecule has 0 saturated heterocycles. The summed E-state index contributed by atoms with van der Waals surface area (Å²) in [7, 11) is -4.04. The van der Waals surface area contributed by atoms with E-state index in [-0.39, 0.29) is 36.7 Å². The number of hydrogen-bond acceptors (Lipinski definition) is 5. The summed E-state index contributed by atoms with van der Waals surface area (Å²) >= 11 is 6.29. The molecule has 202 valence electrons. The summed E-state index contributed by atoms with van der Waals surface area (Å²) < 4.78 is 29.7. The van der Waals surface area contributed by atoms with Crippen LogP contribution in [0.1, 0.15) is 43.4 Å². The van der Waals surface area contributed by atoms with Gasteiger partial charge in [-0.2, -0.15) is 4.31 Å². The zero-order valence-corrected chi connectivity index (χ0v) is 23.6. The number of carbonyl (C=O) groups excluding carboxylic acids is 2. The van der Waals surface area contributed by atoms with Crippen molar-refractivity contribution in [2.45, 2.75) is 51.0 Å². The molecule has 1 heterocycles. The summed E-state index contributed by atoms with van der Waals surface area (Å²) in [4.78, 5) is 27.4. The monoisotopic (exact) mass is 556 g/mol. The molecule has 0 bridgehead atoms. The van der Waals surface area contributed by atoms with Crippen LogP contribution in [0, 0.1) is 13.8 Å². The average Bonchev–Trinajstić information content (AvgIpc) is 2.87. The van der Waals surface area contributed by atoms with Gasteiger partial charge in [-0.25, -0.2) is 8.42 Å². The van der Waals surface area contributed by atoms with Crippen LogP contribution in [-0.2, 0) is 25.2 Å². The first-order valence-electron chi connectivity index (χ1n) is 12.2. The third-order valence-corrected chi connectivity index (χ3v) is 9.16. The van der Waals surface area contributed by atoms with Crippen LogP contribution in [0.2, 0.25) is 5.02 Å². The van der Waals surface area contributed by atoms with Crippen molar-refractivity contribution in [1.29, 1.82) is 0 Å². The third kappa shape index (κ3) is 6.59. The Morgan fingerprint density at radius 1 is 1.11 bits per heavy atom. The summed E-state index contributed by atoms with van der Waals surface area (Å²) in [6.45, 7) is 7.12. The quantitative estimate of drug-likeness (QED) is 0.364. The van der Waals surface area contributed by atoms with E-state index in [9.17, 15) is 18.0 Å². The van der Waals surface area contributed by atoms with Gasteiger partial charge in [-0.15, -0.1) is 0 Å². The Bertz CT molecular complexity index is 1440. The molecule has 0 radical (unpaired) electrons. The van der Waals surface area contributed by atoms with Crippen molar-refractivity contribution in [2.75, 3.05) is 13.1 Å². The number of nitrogens with zero attached hydrogens (tertiary/aromatic N) is 2. The largest absolute Gasteiger partial charge is 0.368 e. The van der Waals surface area contributed by atoms with E-state index < -0.39 is 21.5 Å². The number of hydrogen-bond donors (Lipinski definition) is 2. The predicted molar refractivity (Wildman–Crippen MR) is 149 cm³/mol. The number of pyridine rings is 1. The first-order valence-corrected chi connectivity index (χ1v) is 14.0. The summed E-state index contributed by atoms with van der Waals surface area (Å²) in [5.74, 6) is -1.03. The lowest BCUT2D eigenvalue weighted by Gasteiger charge is -2.38. The molecular weight excluding hydrogens is 524 g/mol. The predicted octanol–water partition coefficient (Wildman–Crippen LogP) is 4.33. The fourth-order valence-electron chi connectivity index (χ4n) is 4.35. The minimum atomic E-state index is -4.04. The second-order valence-corrected chi connectivity index (χ2v) is 11.9. The van der Waals surface area contributed by atoms with Crippen LogP contribution in [0.25, 0.3) is 11.1 Å². The Morgan fingerprint density at radius 2 is 1.82 bits per heavy atom. The van der Waals surface area contributed by atoms with Gasteiger partial charge >= 0.3 is 0 Å². The Kier molecular flexibility index (Phi) is 9.30. The molecule has 0 fully saturated rings. The van der Waals surface area contributed by atoms with E-state index in [1.54, 1.807) is 31.5 Å². The number of halogens is 1. The number of aromatic nitrogens is 1. The van der Waals surface area contributed by atoms with Gasteiger partial charge in [0.1, 0.15) is 0 Å². The van der Waals surface area contributed by atoms with Gasteiger partial charge in [-0.05, 0) is 86.2 Å². The zero-order valence-electron chi connectivity index (χ0n) is 22.0. The normalized spacial score (nSPS) is 11.9. The van der Waals surface area contributed by atoms with Crippen molar-refractivity contribution in [2.24, 2.45) is 5.73 Å². The number of primary amides is 1. The lowest BCUT2D eigenvalue weighted by molar-refractivity contribution is -0.124. The third-order valence-electron chi connectivity index (χ3n) is 6.53. The van der Waals surface area contributed by atoms with Crippen molar-refractivity contribution >= 4 is 33.4 Å². The maximum Gasteiger partial charge on any atom is 0.244 e. The molecule has 0 aliphatic carbocycles. The highest BCUT2D eigenvalue weighted by atomic mass is 35.5. The SMILES string of the molecule is Cc1cnccc1-c1cccc(C(C)(C)N(CCCC(=O)NCC(N)=O)S(=O)(=O)c2cccc(Cl)c2C)c1. The molecule has 2 amide bonds. The fourth-order valence-corrected chi connectivity index (χ4v) is 6.64. The maximum atomic E-state index is 14.1. The standard InChI is InChI=1S/C28H33ClN4O4S/c1-19-17-31-14-13-23(19)21-8-5-9-22(16-21)28(3,4)33(15-7-12-27(35)32-18-26(30)34)38(36,37)25-11-6-10-24(29)20(25)2/h5-6,8-11,13-14,16-17H,7,12,15,18H2,1-4H3,(H2,30,34)(H,32,35). The van der Waals surface area contributed by atoms with Crippen molar-refractivity contribution in [3.8, 4) is 11.1 Å². The van der Waals surface area contributed by atoms with Crippen molar-refractivity contribution in [3.63, 3.8) is 0 Å². The molecule has 3 aromatic rings. The minimum absolute atomic E-state index is 0.0279. The highest BCUT2D eigenvalue weighted by molar-refractivity contribution is 7.89. The van der Waals surface area contributed by atoms with Gasteiger partial charge in [0.25, 0.3) is 0 Å². The zero-order chi connectivity index (χ0) is 28.1. The molecule has 0 spiro atoms. The molecule has 0 atom stereocenters. The van der Waals surface area contributed by atoms with Gasteiger partial charge in [0.15, 0.2) is 0 Å². The second-order valence-electron chi connectivity index (χ2n) is 9.62. The fraction of sp³-hybridized carbons (Fsp3) is 0.321. The van der Waals surface area contributed by atoms with E-state index in [0.29, 0.717) is 10.6 Å². The van der Waals surface area contributed by atoms with Crippen LogP contribution in [-0.4, -0.2) is 42.6 Å². The summed E-state index contributed by atoms with van der Waals surface area (Å²) in [5, 5.41) is 2.79. The van der Waals surface area contributed by atoms with Crippen LogP contribution in [0.15, 0.2) is 65.8 Å². The molecule has 3 N–H and O–H groups in total. The number of aryl methyl sites for hydroxylation is 1. The van der Waals surface area contributed by atoms with Gasteiger partial charge < -0.3 is 11.1 Å². The molecular formula is C28H33ClN4O4S. The molecule has 0 saturated carbocycles. The Labute approximate surface area is 229 Å². The molecule has 0 aliphatic rings. The van der Waals surface area contributed by atoms with Gasteiger partial charge in [0.05, 0.1) is 17.0 Å². The first kappa shape index (κ1) is 29.3. The Hall–Kier alpha value is -3.27. The van der Waals surface area contributed by atoms with Gasteiger partial charge in [0, 0.05) is 30.4 Å². The van der Waals surface area contributed by atoms with Crippen LogP contribution in [0.4, 0.5) is 0 Å². The summed E-state index contributed by atoms with van der Waals surface area (Å²) in [6, 6.07) is 14.5. The van der Waals surface area contributed by atoms with Crippen molar-refractivity contribution in [1.82, 2.24) is 14.6 Å². The van der Waals surface area contributed by atoms with Crippen molar-refractivity contribution < 1.29 is 18.0 Å². The highest BCUT2D eigenvalue weighted by Crippen LogP contribution is 2.37. The summed E-state index contributed by atoms with van der Waals surface area (Å²) in [5.41, 5.74) is 8.29. The number of rotatable bonds is 11. The van der Waals surface area contributed by atoms with Gasteiger partial charge in [0.2, 0.25) is 21.8 Å². The lowest BCUT2D eigenvalue weighted by Crippen LogP contribution is -2.46. The van der Waals surface area contributed by atoms with E-state index in [4.69, 9.17) is 17.3 Å². The van der Waals surface area contributed by atoms with E-state index >= 15 is 0 Å². The number of benzene rings is 2. The summed E-state index contributed by atoms with van der Waals surface area (Å²) in [6.07, 6.45) is 3.77. The molecule has 2 aromatic carbocycles. The maximum absolute atomic E-state index is 14.1. The molecule has 0 aliphatic heterocycles. The number of nitrogens with two attached hydrogens (primary N) is 1. The van der Waals surface area contributed by atoms with Gasteiger partial charge in [-0.3, -0.25) is 14.6 Å². The first-order chi connectivity index (χ1) is 17.9. The number of amides is 2. The van der Waals surface area contributed by atoms with Crippen LogP contribution < -0.4 is 11.1 Å². The van der Waals surface area contributed by atoms with E-state index in [0.717, 1.165) is 22.3 Å². The lowest BCUT2D eigenvalue weighted by atomic mass is 9.90. The molecule has 0 unspecified atom stereocenters. The molecule has 8 nitrogen and oxygen atoms in total. The number of sulfonamides is 1. The van der Waals surface area contributed by atoms with Crippen LogP contribution in [0.5, 0.6) is 0 Å². The number of nitrogens with one attached hydrogen (secondary N) is 1. The average molecular weight is 557 g/mol. The van der Waals surface area contributed by atoms with Crippen LogP contribution >= 0.6 is 11.6 Å². The molecule has 38 heavy (non-hydrogen) atoms. The van der Waals surface area contributed by atoms with E-state index in [1.165, 1.54) is 10.4 Å². The highest BCUT2D eigenvalue weighted by Gasteiger charge is 2.39. The van der Waals surface area contributed by atoms with E-state index in [1.807, 2.05) is 51.1 Å². The van der Waals surface area contributed by atoms with Crippen molar-refractivity contribution in [3.05, 3.63) is 82.6 Å². The number of carbonyl (C=O) groups is 2. The van der Waals surface area contributed by atoms with Crippen LogP contribution in [0.3, 0.4) is 0 Å². The Balaban J connectivity index is 2.02. The topological polar surface area (TPSA) is 122 Å². The minimum Gasteiger partial charge on any atom is -0.368 e. The van der Waals surface area contributed by atoms with Gasteiger partial charge in [-0.1, -0.05) is 35.9 Å². The molecule has 10 heteroatoms. The second kappa shape index (κ2) is 12.1. The molecule has 3 rings (SSSR count). The molecule has 1 aromatic heterocycles. The van der Waals surface area contributed by atoms with E-state index in [2.05, 4.69) is 10.3 Å². The Morgan fingerprint density at radius 3 is 2.50 bits per heavy atom.